The summed E-state index contributed by atoms with van der Waals surface area (Å²) >= 11 is 0. The summed E-state index contributed by atoms with van der Waals surface area (Å²) in [5, 5.41) is 8.71. The first-order chi connectivity index (χ1) is 14.9. The van der Waals surface area contributed by atoms with Gasteiger partial charge in [-0.05, 0) is 42.5 Å². The van der Waals surface area contributed by atoms with Crippen LogP contribution in [0.25, 0.3) is 17.0 Å². The minimum Gasteiger partial charge on any atom is -0.301 e. The molecule has 0 bridgehead atoms. The normalized spacial score (nSPS) is 11.5. The van der Waals surface area contributed by atoms with Gasteiger partial charge in [-0.2, -0.15) is 13.2 Å². The van der Waals surface area contributed by atoms with E-state index in [2.05, 4.69) is 15.0 Å². The van der Waals surface area contributed by atoms with Crippen LogP contribution in [0.4, 0.5) is 24.8 Å². The zero-order chi connectivity index (χ0) is 22.0. The topological polar surface area (TPSA) is 95.7 Å². The third-order valence-electron chi connectivity index (χ3n) is 4.44. The molecule has 2 N–H and O–H groups in total. The van der Waals surface area contributed by atoms with Gasteiger partial charge in [0.15, 0.2) is 0 Å². The highest BCUT2D eigenvalue weighted by Gasteiger charge is 2.33. The summed E-state index contributed by atoms with van der Waals surface area (Å²) in [7, 11) is 0. The first-order valence-electron chi connectivity index (χ1n) is 9.00. The Morgan fingerprint density at radius 3 is 2.58 bits per heavy atom. The SMILES string of the molecule is O=C(NO)c1ccc(N(CC(F)(F)F)c2nccc(-c3cnc4ccccn34)n2)cc1. The molecule has 1 aromatic carbocycles. The minimum atomic E-state index is -4.54. The number of nitrogens with zero attached hydrogens (tertiary/aromatic N) is 5. The third-order valence-corrected chi connectivity index (χ3v) is 4.44. The van der Waals surface area contributed by atoms with Crippen LogP contribution in [0.15, 0.2) is 67.1 Å². The molecule has 3 heterocycles. The van der Waals surface area contributed by atoms with Gasteiger partial charge in [0.05, 0.1) is 17.6 Å². The van der Waals surface area contributed by atoms with Crippen LogP contribution in [0, 0.1) is 0 Å². The van der Waals surface area contributed by atoms with Gasteiger partial charge in [0.1, 0.15) is 12.2 Å². The maximum Gasteiger partial charge on any atom is 0.406 e. The lowest BCUT2D eigenvalue weighted by Crippen LogP contribution is -2.32. The molecule has 0 spiro atoms. The number of imidazole rings is 1. The van der Waals surface area contributed by atoms with Crippen molar-refractivity contribution in [3.63, 3.8) is 0 Å². The number of amides is 1. The molecular formula is C20H15F3N6O2. The minimum absolute atomic E-state index is 0.0820. The van der Waals surface area contributed by atoms with Gasteiger partial charge >= 0.3 is 6.18 Å². The summed E-state index contributed by atoms with van der Waals surface area (Å²) in [6.45, 7) is -1.34. The number of fused-ring (bicyclic) bond motifs is 1. The van der Waals surface area contributed by atoms with Crippen LogP contribution >= 0.6 is 0 Å². The number of pyridine rings is 1. The average molecular weight is 428 g/mol. The molecule has 0 atom stereocenters. The van der Waals surface area contributed by atoms with Crippen molar-refractivity contribution < 1.29 is 23.2 Å². The lowest BCUT2D eigenvalue weighted by molar-refractivity contribution is -0.118. The lowest BCUT2D eigenvalue weighted by Gasteiger charge is -2.24. The van der Waals surface area contributed by atoms with E-state index < -0.39 is 18.6 Å². The van der Waals surface area contributed by atoms with E-state index in [0.29, 0.717) is 17.0 Å². The fourth-order valence-corrected chi connectivity index (χ4v) is 3.06. The van der Waals surface area contributed by atoms with Crippen molar-refractivity contribution in [3.8, 4) is 11.4 Å². The van der Waals surface area contributed by atoms with E-state index in [9.17, 15) is 18.0 Å². The quantitative estimate of drug-likeness (QED) is 0.373. The number of hydrogen-bond acceptors (Lipinski definition) is 6. The fraction of sp³-hybridized carbons (Fsp3) is 0.100. The Morgan fingerprint density at radius 2 is 1.87 bits per heavy atom. The van der Waals surface area contributed by atoms with Crippen LogP contribution in [-0.4, -0.2) is 43.2 Å². The van der Waals surface area contributed by atoms with E-state index in [4.69, 9.17) is 5.21 Å². The molecule has 8 nitrogen and oxygen atoms in total. The van der Waals surface area contributed by atoms with E-state index in [1.807, 2.05) is 6.07 Å². The van der Waals surface area contributed by atoms with E-state index in [-0.39, 0.29) is 17.2 Å². The number of hydrogen-bond donors (Lipinski definition) is 2. The van der Waals surface area contributed by atoms with Crippen molar-refractivity contribution in [2.75, 3.05) is 11.4 Å². The second-order valence-electron chi connectivity index (χ2n) is 6.50. The largest absolute Gasteiger partial charge is 0.406 e. The number of alkyl halides is 3. The van der Waals surface area contributed by atoms with Gasteiger partial charge in [0, 0.05) is 23.6 Å². The number of rotatable bonds is 5. The molecule has 4 rings (SSSR count). The van der Waals surface area contributed by atoms with E-state index >= 15 is 0 Å². The highest BCUT2D eigenvalue weighted by atomic mass is 19.4. The molecule has 31 heavy (non-hydrogen) atoms. The predicted octanol–water partition coefficient (Wildman–Crippen LogP) is 3.61. The van der Waals surface area contributed by atoms with Crippen LogP contribution in [-0.2, 0) is 0 Å². The van der Waals surface area contributed by atoms with Crippen molar-refractivity contribution >= 4 is 23.2 Å². The second kappa shape index (κ2) is 8.03. The smallest absolute Gasteiger partial charge is 0.301 e. The molecular weight excluding hydrogens is 413 g/mol. The molecule has 0 radical (unpaired) electrons. The van der Waals surface area contributed by atoms with E-state index in [1.54, 1.807) is 35.0 Å². The van der Waals surface area contributed by atoms with Crippen molar-refractivity contribution in [3.05, 3.63) is 72.7 Å². The standard InChI is InChI=1S/C20H15F3N6O2/c21-20(22,23)12-29(14-6-4-13(5-7-14)18(30)27-31)19-24-9-8-15(26-19)16-11-25-17-3-1-2-10-28(16)17/h1-11,31H,12H2,(H,27,30). The summed E-state index contributed by atoms with van der Waals surface area (Å²) in [5.74, 6) is -0.945. The molecule has 3 aromatic heterocycles. The van der Waals surface area contributed by atoms with Gasteiger partial charge in [-0.15, -0.1) is 0 Å². The summed E-state index contributed by atoms with van der Waals surface area (Å²) in [6.07, 6.45) is 0.191. The Bertz CT molecular complexity index is 1220. The Balaban J connectivity index is 1.75. The second-order valence-corrected chi connectivity index (χ2v) is 6.50. The number of carbonyl (C=O) groups excluding carboxylic acids is 1. The first kappa shape index (κ1) is 20.3. The highest BCUT2D eigenvalue weighted by molar-refractivity contribution is 5.93. The predicted molar refractivity (Wildman–Crippen MR) is 105 cm³/mol. The molecule has 0 aliphatic rings. The number of aromatic nitrogens is 4. The molecule has 0 saturated carbocycles. The highest BCUT2D eigenvalue weighted by Crippen LogP contribution is 2.29. The summed E-state index contributed by atoms with van der Waals surface area (Å²) in [6, 6.07) is 12.2. The average Bonchev–Trinajstić information content (AvgIpc) is 3.21. The fourth-order valence-electron chi connectivity index (χ4n) is 3.06. The van der Waals surface area contributed by atoms with Gasteiger partial charge in [-0.3, -0.25) is 14.4 Å². The van der Waals surface area contributed by atoms with E-state index in [0.717, 1.165) is 4.90 Å². The van der Waals surface area contributed by atoms with Crippen LogP contribution in [0.3, 0.4) is 0 Å². The molecule has 0 saturated heterocycles. The van der Waals surface area contributed by atoms with Crippen molar-refractivity contribution in [2.24, 2.45) is 0 Å². The van der Waals surface area contributed by atoms with Crippen LogP contribution in [0.5, 0.6) is 0 Å². The number of halogens is 3. The summed E-state index contributed by atoms with van der Waals surface area (Å²) in [5.41, 5.74) is 3.34. The Kier molecular flexibility index (Phi) is 5.26. The Morgan fingerprint density at radius 1 is 1.10 bits per heavy atom. The molecule has 4 aromatic rings. The molecule has 0 aliphatic carbocycles. The van der Waals surface area contributed by atoms with Gasteiger partial charge in [0.2, 0.25) is 5.95 Å². The van der Waals surface area contributed by atoms with Crippen LogP contribution in [0.2, 0.25) is 0 Å². The van der Waals surface area contributed by atoms with Crippen molar-refractivity contribution in [1.82, 2.24) is 24.8 Å². The maximum atomic E-state index is 13.3. The van der Waals surface area contributed by atoms with Crippen LogP contribution < -0.4 is 10.4 Å². The number of benzene rings is 1. The van der Waals surface area contributed by atoms with Gasteiger partial charge in [-0.25, -0.2) is 20.4 Å². The van der Waals surface area contributed by atoms with Gasteiger partial charge in [0.25, 0.3) is 5.91 Å². The number of hydroxylamine groups is 1. The summed E-state index contributed by atoms with van der Waals surface area (Å²) < 4.78 is 41.7. The zero-order valence-electron chi connectivity index (χ0n) is 15.8. The number of carbonyl (C=O) groups is 1. The third kappa shape index (κ3) is 4.31. The molecule has 0 aliphatic heterocycles. The zero-order valence-corrected chi connectivity index (χ0v) is 15.8. The molecule has 158 valence electrons. The van der Waals surface area contributed by atoms with Gasteiger partial charge < -0.3 is 4.90 Å². The van der Waals surface area contributed by atoms with E-state index in [1.165, 1.54) is 35.9 Å². The van der Waals surface area contributed by atoms with Gasteiger partial charge in [-0.1, -0.05) is 6.07 Å². The van der Waals surface area contributed by atoms with Crippen molar-refractivity contribution in [2.45, 2.75) is 6.18 Å². The summed E-state index contributed by atoms with van der Waals surface area (Å²) in [4.78, 5) is 25.0. The number of nitrogens with one attached hydrogen (secondary N) is 1. The van der Waals surface area contributed by atoms with Crippen molar-refractivity contribution in [1.29, 1.82) is 0 Å². The Hall–Kier alpha value is -3.99. The lowest BCUT2D eigenvalue weighted by atomic mass is 10.2. The first-order valence-corrected chi connectivity index (χ1v) is 9.00. The molecule has 0 fully saturated rings. The van der Waals surface area contributed by atoms with Crippen LogP contribution in [0.1, 0.15) is 10.4 Å². The number of anilines is 2. The molecule has 11 heteroatoms. The molecule has 0 unspecified atom stereocenters. The monoisotopic (exact) mass is 428 g/mol. The molecule has 1 amide bonds. The Labute approximate surface area is 173 Å². The maximum absolute atomic E-state index is 13.3.